The highest BCUT2D eigenvalue weighted by atomic mass is 16.7. The van der Waals surface area contributed by atoms with Gasteiger partial charge in [0.15, 0.2) is 11.5 Å². The number of hydrogen-bond donors (Lipinski definition) is 1. The number of benzene rings is 1. The molecule has 0 aliphatic carbocycles. The van der Waals surface area contributed by atoms with Crippen LogP contribution in [0.1, 0.15) is 5.56 Å². The van der Waals surface area contributed by atoms with Crippen molar-refractivity contribution in [2.75, 3.05) is 20.0 Å². The fourth-order valence-corrected chi connectivity index (χ4v) is 2.51. The summed E-state index contributed by atoms with van der Waals surface area (Å²) in [4.78, 5) is 8.58. The zero-order valence-corrected chi connectivity index (χ0v) is 10.8. The van der Waals surface area contributed by atoms with Crippen LogP contribution in [0.4, 0.5) is 0 Å². The van der Waals surface area contributed by atoms with E-state index in [1.165, 1.54) is 0 Å². The van der Waals surface area contributed by atoms with Crippen molar-refractivity contribution in [1.82, 2.24) is 10.3 Å². The largest absolute Gasteiger partial charge is 0.454 e. The molecular weight excluding hydrogens is 254 g/mol. The number of ether oxygens (including phenoxy) is 2. The van der Waals surface area contributed by atoms with Crippen molar-refractivity contribution in [2.45, 2.75) is 0 Å². The first-order valence-electron chi connectivity index (χ1n) is 6.50. The van der Waals surface area contributed by atoms with Crippen molar-refractivity contribution >= 4 is 5.71 Å². The second-order valence-corrected chi connectivity index (χ2v) is 4.68. The SMILES string of the molecule is c1cc(-c2cc3c(cc2C2=NCNC2)OCO3)ccn1. The minimum absolute atomic E-state index is 0.277. The van der Waals surface area contributed by atoms with Crippen molar-refractivity contribution in [3.8, 4) is 22.6 Å². The summed E-state index contributed by atoms with van der Waals surface area (Å²) >= 11 is 0. The third kappa shape index (κ3) is 1.83. The quantitative estimate of drug-likeness (QED) is 0.902. The summed E-state index contributed by atoms with van der Waals surface area (Å²) in [5.41, 5.74) is 4.34. The fourth-order valence-electron chi connectivity index (χ4n) is 2.51. The Balaban J connectivity index is 1.91. The van der Waals surface area contributed by atoms with E-state index in [9.17, 15) is 0 Å². The molecule has 0 amide bonds. The van der Waals surface area contributed by atoms with E-state index in [2.05, 4.69) is 15.3 Å². The Hall–Kier alpha value is -2.40. The first-order valence-corrected chi connectivity index (χ1v) is 6.50. The third-order valence-electron chi connectivity index (χ3n) is 3.49. The Bertz CT molecular complexity index is 683. The number of aliphatic imine (C=N–C) groups is 1. The Labute approximate surface area is 116 Å². The highest BCUT2D eigenvalue weighted by Crippen LogP contribution is 2.39. The molecule has 0 radical (unpaired) electrons. The molecule has 0 saturated heterocycles. The molecule has 1 aromatic carbocycles. The van der Waals surface area contributed by atoms with Crippen molar-refractivity contribution in [1.29, 1.82) is 0 Å². The molecule has 20 heavy (non-hydrogen) atoms. The van der Waals surface area contributed by atoms with Crippen LogP contribution in [0.15, 0.2) is 41.7 Å². The zero-order chi connectivity index (χ0) is 13.4. The second-order valence-electron chi connectivity index (χ2n) is 4.68. The lowest BCUT2D eigenvalue weighted by Crippen LogP contribution is -2.14. The average molecular weight is 267 g/mol. The first-order chi connectivity index (χ1) is 9.92. The Morgan fingerprint density at radius 2 is 1.75 bits per heavy atom. The summed E-state index contributed by atoms with van der Waals surface area (Å²) < 4.78 is 11.0. The van der Waals surface area contributed by atoms with Crippen LogP contribution >= 0.6 is 0 Å². The van der Waals surface area contributed by atoms with Gasteiger partial charge in [0.2, 0.25) is 6.79 Å². The lowest BCUT2D eigenvalue weighted by molar-refractivity contribution is 0.174. The average Bonchev–Trinajstić information content (AvgIpc) is 3.17. The van der Waals surface area contributed by atoms with Crippen LogP contribution in [-0.4, -0.2) is 30.7 Å². The smallest absolute Gasteiger partial charge is 0.231 e. The molecule has 2 aromatic rings. The maximum absolute atomic E-state index is 5.48. The molecule has 0 atom stereocenters. The summed E-state index contributed by atoms with van der Waals surface area (Å²) in [6.45, 7) is 1.72. The molecule has 5 nitrogen and oxygen atoms in total. The molecule has 0 bridgehead atoms. The molecular formula is C15H13N3O2. The van der Waals surface area contributed by atoms with Crippen LogP contribution in [-0.2, 0) is 0 Å². The number of aromatic nitrogens is 1. The maximum Gasteiger partial charge on any atom is 0.231 e. The minimum Gasteiger partial charge on any atom is -0.454 e. The summed E-state index contributed by atoms with van der Waals surface area (Å²) in [7, 11) is 0. The molecule has 1 N–H and O–H groups in total. The van der Waals surface area contributed by atoms with Gasteiger partial charge in [-0.25, -0.2) is 0 Å². The monoisotopic (exact) mass is 267 g/mol. The normalized spacial score (nSPS) is 16.3. The van der Waals surface area contributed by atoms with Crippen molar-refractivity contribution < 1.29 is 9.47 Å². The van der Waals surface area contributed by atoms with Crippen LogP contribution in [0.25, 0.3) is 11.1 Å². The highest BCUT2D eigenvalue weighted by molar-refractivity contribution is 6.08. The van der Waals surface area contributed by atoms with E-state index >= 15 is 0 Å². The van der Waals surface area contributed by atoms with Gasteiger partial charge in [0.05, 0.1) is 12.4 Å². The summed E-state index contributed by atoms with van der Waals surface area (Å²) in [5, 5.41) is 3.23. The van der Waals surface area contributed by atoms with Gasteiger partial charge in [-0.05, 0) is 35.4 Å². The van der Waals surface area contributed by atoms with Crippen LogP contribution < -0.4 is 14.8 Å². The molecule has 0 unspecified atom stereocenters. The molecule has 5 heteroatoms. The van der Waals surface area contributed by atoms with Gasteiger partial charge >= 0.3 is 0 Å². The summed E-state index contributed by atoms with van der Waals surface area (Å²) in [6.07, 6.45) is 3.58. The predicted octanol–water partition coefficient (Wildman–Crippen LogP) is 1.83. The van der Waals surface area contributed by atoms with Crippen LogP contribution in [0, 0.1) is 0 Å². The molecule has 3 heterocycles. The number of nitrogens with zero attached hydrogens (tertiary/aromatic N) is 2. The molecule has 100 valence electrons. The van der Waals surface area contributed by atoms with Gasteiger partial charge in [0.1, 0.15) is 0 Å². The Kier molecular flexibility index (Phi) is 2.63. The van der Waals surface area contributed by atoms with Crippen molar-refractivity contribution in [3.05, 3.63) is 42.2 Å². The van der Waals surface area contributed by atoms with Gasteiger partial charge in [-0.1, -0.05) is 0 Å². The third-order valence-corrected chi connectivity index (χ3v) is 3.49. The topological polar surface area (TPSA) is 55.7 Å². The highest BCUT2D eigenvalue weighted by Gasteiger charge is 2.21. The van der Waals surface area contributed by atoms with Crippen LogP contribution in [0.3, 0.4) is 0 Å². The van der Waals surface area contributed by atoms with Crippen LogP contribution in [0.2, 0.25) is 0 Å². The van der Waals surface area contributed by atoms with Crippen molar-refractivity contribution in [3.63, 3.8) is 0 Å². The number of pyridine rings is 1. The van der Waals surface area contributed by atoms with Gasteiger partial charge < -0.3 is 9.47 Å². The van der Waals surface area contributed by atoms with E-state index in [-0.39, 0.29) is 6.79 Å². The Morgan fingerprint density at radius 1 is 1.00 bits per heavy atom. The van der Waals surface area contributed by atoms with Gasteiger partial charge in [-0.15, -0.1) is 0 Å². The molecule has 2 aliphatic rings. The maximum atomic E-state index is 5.48. The molecule has 0 spiro atoms. The van der Waals surface area contributed by atoms with E-state index in [4.69, 9.17) is 9.47 Å². The standard InChI is InChI=1S/C15H13N3O2/c1-3-16-4-2-10(1)11-5-14-15(20-9-19-14)6-12(11)13-7-17-8-18-13/h1-6,17H,7-9H2. The summed E-state index contributed by atoms with van der Waals surface area (Å²) in [6, 6.07) is 8.02. The Morgan fingerprint density at radius 3 is 2.45 bits per heavy atom. The van der Waals surface area contributed by atoms with Gasteiger partial charge in [-0.3, -0.25) is 15.3 Å². The number of fused-ring (bicyclic) bond motifs is 1. The van der Waals surface area contributed by atoms with Crippen LogP contribution in [0.5, 0.6) is 11.5 Å². The predicted molar refractivity (Wildman–Crippen MR) is 75.2 cm³/mol. The lowest BCUT2D eigenvalue weighted by atomic mass is 9.96. The summed E-state index contributed by atoms with van der Waals surface area (Å²) in [5.74, 6) is 1.57. The number of hydrogen-bond acceptors (Lipinski definition) is 5. The van der Waals surface area contributed by atoms with E-state index in [0.717, 1.165) is 40.4 Å². The molecule has 4 rings (SSSR count). The molecule has 0 fully saturated rings. The van der Waals surface area contributed by atoms with Crippen molar-refractivity contribution in [2.24, 2.45) is 4.99 Å². The van der Waals surface area contributed by atoms with E-state index < -0.39 is 0 Å². The van der Waals surface area contributed by atoms with E-state index in [0.29, 0.717) is 6.67 Å². The van der Waals surface area contributed by atoms with Gasteiger partial charge in [-0.2, -0.15) is 0 Å². The fraction of sp³-hybridized carbons (Fsp3) is 0.200. The second kappa shape index (κ2) is 4.61. The minimum atomic E-state index is 0.277. The molecule has 0 saturated carbocycles. The number of rotatable bonds is 2. The van der Waals surface area contributed by atoms with Gasteiger partial charge in [0, 0.05) is 24.5 Å². The van der Waals surface area contributed by atoms with E-state index in [1.807, 2.05) is 24.3 Å². The lowest BCUT2D eigenvalue weighted by Gasteiger charge is -2.11. The number of nitrogens with one attached hydrogen (secondary N) is 1. The first kappa shape index (κ1) is 11.4. The van der Waals surface area contributed by atoms with Gasteiger partial charge in [0.25, 0.3) is 0 Å². The van der Waals surface area contributed by atoms with E-state index in [1.54, 1.807) is 12.4 Å². The zero-order valence-electron chi connectivity index (χ0n) is 10.8. The molecule has 1 aromatic heterocycles. The molecule has 2 aliphatic heterocycles.